The average Bonchev–Trinajstić information content (AvgIpc) is 1.55. The number of ether oxygens (including phenoxy) is 8. The molecule has 4 aliphatic carbocycles. The lowest BCUT2D eigenvalue weighted by molar-refractivity contribution is -0.262. The van der Waals surface area contributed by atoms with Gasteiger partial charge in [0.1, 0.15) is 46.8 Å². The maximum absolute atomic E-state index is 13.8. The van der Waals surface area contributed by atoms with Gasteiger partial charge in [0.2, 0.25) is 0 Å². The molecule has 4 bridgehead atoms. The average molecular weight is 1640 g/mol. The van der Waals surface area contributed by atoms with Gasteiger partial charge in [0.05, 0.1) is 51.0 Å². The number of halogens is 5. The number of benzene rings is 5. The molecule has 4 saturated carbocycles. The molecule has 14 atom stereocenters. The lowest BCUT2D eigenvalue weighted by Gasteiger charge is -2.34. The number of aromatic hydroxyl groups is 2. The largest absolute Gasteiger partial charge is 0.743 e. The molecular formula is C88H115F5O19S2. The minimum absolute atomic E-state index is 0.00171. The van der Waals surface area contributed by atoms with Crippen molar-refractivity contribution in [2.45, 2.75) is 298 Å². The first kappa shape index (κ1) is 91.7. The highest BCUT2D eigenvalue weighted by Crippen LogP contribution is 2.60. The standard InChI is InChI=1S/C18H21F5O9S.C18H14OS.C17H26O.C13H18O5.C12H22O2.C10H14O/c1-4-16(2,3)15(26)31-11-7-5-6-8(12(24)30-10(6)11)9(7)13(25)32-14(17(19,20)21)18(22,23)33(27,28)29;19-15-11-13-18(14-12-15)20(16-7-3-1-4-8-16)17-9-5-2-6-10-17;1-4-14(2)15-8-10-16(11-9-15)18-17(3)12-6-5-7-13-17;1-4-13(2,3)12(15)18-9-7-5-6-8(16-7)10(9)17-11(6)14;1-5-11(2,3)10(13)14-12(4)8-6-7-9-12;1-3-8(2)9-4-6-10(11)7-5-9/h6-11,14H,4-5H2,1-3H3,(H,27,28,29);1-14H;8-11,14H,4-7,12-13H2,1-3H3;6-10H,4-5H2,1-3H3;5-9H2,1-4H3;4-8,11H,3H2,1-2H3. The topological polar surface area (TPSA) is 274 Å². The monoisotopic (exact) mass is 1630 g/mol. The number of fused-ring (bicyclic) bond motifs is 2. The summed E-state index contributed by atoms with van der Waals surface area (Å²) in [5, 5.41) is 12.5. The molecular weight excluding hydrogens is 1520 g/mol. The Balaban J connectivity index is 0.000000177. The highest BCUT2D eigenvalue weighted by Gasteiger charge is 2.72. The molecule has 0 spiro atoms. The molecule has 2 N–H and O–H groups in total. The number of phenols is 2. The summed E-state index contributed by atoms with van der Waals surface area (Å²) in [6, 6.07) is 44.6. The molecule has 19 nitrogen and oxygen atoms in total. The maximum Gasteiger partial charge on any atom is 0.432 e. The molecule has 114 heavy (non-hydrogen) atoms. The Hall–Kier alpha value is -7.81. The van der Waals surface area contributed by atoms with Crippen LogP contribution in [0.25, 0.3) is 0 Å². The second-order valence-corrected chi connectivity index (χ2v) is 37.1. The fourth-order valence-electron chi connectivity index (χ4n) is 15.0. The zero-order valence-corrected chi connectivity index (χ0v) is 69.8. The fourth-order valence-corrected chi connectivity index (χ4v) is 17.5. The van der Waals surface area contributed by atoms with Crippen molar-refractivity contribution in [3.05, 3.63) is 145 Å². The van der Waals surface area contributed by atoms with E-state index in [9.17, 15) is 68.8 Å². The summed E-state index contributed by atoms with van der Waals surface area (Å²) in [6.45, 7) is 29.6. The first-order chi connectivity index (χ1) is 53.4. The second kappa shape index (κ2) is 38.1. The van der Waals surface area contributed by atoms with Crippen molar-refractivity contribution >= 4 is 56.8 Å². The summed E-state index contributed by atoms with van der Waals surface area (Å²) < 4.78 is 142. The molecule has 0 amide bonds. The smallest absolute Gasteiger partial charge is 0.432 e. The van der Waals surface area contributed by atoms with Crippen LogP contribution >= 0.6 is 0 Å². The lowest BCUT2D eigenvalue weighted by Crippen LogP contribution is -2.54. The number of carbonyl (C=O) groups is 6. The first-order valence-corrected chi connectivity index (χ1v) is 42.6. The molecule has 4 saturated heterocycles. The Labute approximate surface area is 671 Å². The van der Waals surface area contributed by atoms with Gasteiger partial charge in [-0.05, 0) is 247 Å². The van der Waals surface area contributed by atoms with Crippen molar-refractivity contribution in [3.8, 4) is 17.2 Å². The van der Waals surface area contributed by atoms with E-state index < -0.39 is 104 Å². The quantitative estimate of drug-likeness (QED) is 0.0214. The van der Waals surface area contributed by atoms with Crippen LogP contribution in [0.5, 0.6) is 17.2 Å². The van der Waals surface area contributed by atoms with Crippen molar-refractivity contribution in [1.29, 1.82) is 0 Å². The molecule has 0 radical (unpaired) electrons. The van der Waals surface area contributed by atoms with Crippen LogP contribution in [-0.2, 0) is 82.9 Å². The minimum atomic E-state index is -6.87. The summed E-state index contributed by atoms with van der Waals surface area (Å²) in [7, 11) is -7.01. The van der Waals surface area contributed by atoms with E-state index in [2.05, 4.69) is 119 Å². The highest BCUT2D eigenvalue weighted by molar-refractivity contribution is 7.97. The van der Waals surface area contributed by atoms with Gasteiger partial charge in [-0.3, -0.25) is 28.8 Å². The maximum atomic E-state index is 13.8. The van der Waals surface area contributed by atoms with Gasteiger partial charge in [-0.25, -0.2) is 8.42 Å². The van der Waals surface area contributed by atoms with E-state index in [-0.39, 0.29) is 70.0 Å². The third-order valence-electron chi connectivity index (χ3n) is 24.0. The summed E-state index contributed by atoms with van der Waals surface area (Å²) in [6.07, 6.45) is 1.55. The van der Waals surface area contributed by atoms with Crippen molar-refractivity contribution in [2.24, 2.45) is 45.8 Å². The number of rotatable bonds is 22. The van der Waals surface area contributed by atoms with E-state index in [1.54, 1.807) is 45.0 Å². The lowest BCUT2D eigenvalue weighted by atomic mass is 9.78. The van der Waals surface area contributed by atoms with Gasteiger partial charge >= 0.3 is 47.2 Å². The Morgan fingerprint density at radius 2 is 0.982 bits per heavy atom. The molecule has 8 aliphatic rings. The van der Waals surface area contributed by atoms with Crippen molar-refractivity contribution in [2.75, 3.05) is 0 Å². The SMILES string of the molecule is CCC(C)(C)C(=O)OC1(C)CCCC1.CCC(C)(C)C(=O)OC1C2CC3C(=O)OC1C3O2.CCC(C)(C)C(=O)OC1C2CC3C1OC(=O)C3C2C(=O)OC(C(F)(F)F)C(F)(F)S(=O)(=O)[O-].CCC(C)c1ccc(O)cc1.CCC(C)c1ccc(OC2(C)CCCCC2)cc1.Oc1ccc([S+](c2ccccc2)c2ccccc2)cc1. The van der Waals surface area contributed by atoms with Crippen LogP contribution in [-0.4, -0.2) is 124 Å². The van der Waals surface area contributed by atoms with Gasteiger partial charge in [0.25, 0.3) is 6.10 Å². The number of alkyl halides is 5. The number of carbonyl (C=O) groups excluding carboxylic acids is 6. The van der Waals surface area contributed by atoms with Gasteiger partial charge in [0, 0.05) is 11.8 Å². The Morgan fingerprint density at radius 1 is 0.553 bits per heavy atom. The van der Waals surface area contributed by atoms with Gasteiger partial charge in [-0.2, -0.15) is 22.0 Å². The van der Waals surface area contributed by atoms with Crippen LogP contribution < -0.4 is 4.74 Å². The van der Waals surface area contributed by atoms with Crippen molar-refractivity contribution in [3.63, 3.8) is 0 Å². The van der Waals surface area contributed by atoms with Gasteiger partial charge < -0.3 is 52.7 Å². The number of esters is 6. The second-order valence-electron chi connectivity index (χ2n) is 33.6. The molecule has 8 fully saturated rings. The number of hydrogen-bond donors (Lipinski definition) is 2. The Morgan fingerprint density at radius 3 is 1.45 bits per heavy atom. The normalized spacial score (nSPS) is 24.8. The molecule has 26 heteroatoms. The third kappa shape index (κ3) is 22.3. The van der Waals surface area contributed by atoms with E-state index >= 15 is 0 Å². The number of phenolic OH excluding ortho intramolecular Hbond substituents is 2. The molecule has 4 aliphatic heterocycles. The highest BCUT2D eigenvalue weighted by atomic mass is 32.2. The van der Waals surface area contributed by atoms with Crippen LogP contribution in [0.4, 0.5) is 22.0 Å². The first-order valence-electron chi connectivity index (χ1n) is 39.9. The van der Waals surface area contributed by atoms with Gasteiger partial charge in [0.15, 0.2) is 37.0 Å². The predicted molar refractivity (Wildman–Crippen MR) is 418 cm³/mol. The van der Waals surface area contributed by atoms with Crippen LogP contribution in [0.2, 0.25) is 0 Å². The minimum Gasteiger partial charge on any atom is -0.743 e. The van der Waals surface area contributed by atoms with E-state index in [1.165, 1.54) is 77.2 Å². The molecule has 5 aromatic carbocycles. The van der Waals surface area contributed by atoms with Crippen LogP contribution in [0.3, 0.4) is 0 Å². The zero-order chi connectivity index (χ0) is 84.3. The van der Waals surface area contributed by atoms with E-state index in [4.69, 9.17) is 38.3 Å². The Kier molecular flexibility index (Phi) is 30.6. The predicted octanol–water partition coefficient (Wildman–Crippen LogP) is 18.8. The molecule has 5 aromatic rings. The summed E-state index contributed by atoms with van der Waals surface area (Å²) >= 11 is 0. The molecule has 0 aromatic heterocycles. The molecule has 14 unspecified atom stereocenters. The summed E-state index contributed by atoms with van der Waals surface area (Å²) in [5.41, 5.74) is 0.782. The third-order valence-corrected chi connectivity index (χ3v) is 27.1. The van der Waals surface area contributed by atoms with Crippen molar-refractivity contribution < 1.29 is 112 Å². The van der Waals surface area contributed by atoms with E-state index in [1.807, 2.05) is 77.9 Å². The van der Waals surface area contributed by atoms with Crippen LogP contribution in [0, 0.1) is 45.8 Å². The fraction of sp³-hybridized carbons (Fsp3) is 0.591. The summed E-state index contributed by atoms with van der Waals surface area (Å²) in [4.78, 5) is 76.5. The van der Waals surface area contributed by atoms with Gasteiger partial charge in [-0.1, -0.05) is 116 Å². The van der Waals surface area contributed by atoms with E-state index in [0.717, 1.165) is 31.4 Å². The van der Waals surface area contributed by atoms with Crippen LogP contribution in [0.15, 0.2) is 148 Å². The van der Waals surface area contributed by atoms with Gasteiger partial charge in [-0.15, -0.1) is 0 Å². The molecule has 13 rings (SSSR count). The van der Waals surface area contributed by atoms with Crippen LogP contribution in [0.1, 0.15) is 230 Å². The molecule has 4 heterocycles. The number of hydrogen-bond acceptors (Lipinski definition) is 19. The van der Waals surface area contributed by atoms with Crippen molar-refractivity contribution in [1.82, 2.24) is 0 Å². The molecule has 628 valence electrons. The Bertz CT molecular complexity index is 4090. The zero-order valence-electron chi connectivity index (χ0n) is 68.1. The van der Waals surface area contributed by atoms with E-state index in [0.29, 0.717) is 42.6 Å². The summed E-state index contributed by atoms with van der Waals surface area (Å²) in [5.74, 6) is -6.35.